The largest absolute Gasteiger partial charge is 0.493 e. The third-order valence-corrected chi connectivity index (χ3v) is 6.00. The van der Waals surface area contributed by atoms with Crippen LogP contribution in [0.25, 0.3) is 10.6 Å². The zero-order valence-corrected chi connectivity index (χ0v) is 17.4. The molecule has 7 nitrogen and oxygen atoms in total. The highest BCUT2D eigenvalue weighted by molar-refractivity contribution is 7.13. The Kier molecular flexibility index (Phi) is 5.82. The van der Waals surface area contributed by atoms with E-state index in [1.54, 1.807) is 25.6 Å². The number of ether oxygens (including phenoxy) is 2. The molecule has 1 N–H and O–H groups in total. The number of hydrogen-bond acceptors (Lipinski definition) is 6. The Labute approximate surface area is 173 Å². The highest BCUT2D eigenvalue weighted by atomic mass is 32.1. The van der Waals surface area contributed by atoms with Crippen molar-refractivity contribution in [1.29, 1.82) is 0 Å². The summed E-state index contributed by atoms with van der Waals surface area (Å²) in [6.07, 6.45) is 0. The van der Waals surface area contributed by atoms with Gasteiger partial charge in [0.2, 0.25) is 0 Å². The summed E-state index contributed by atoms with van der Waals surface area (Å²) in [5.41, 5.74) is 2.52. The molecule has 0 bridgehead atoms. The maximum atomic E-state index is 12.8. The molecule has 0 radical (unpaired) electrons. The van der Waals surface area contributed by atoms with Crippen molar-refractivity contribution >= 4 is 17.2 Å². The second-order valence-electron chi connectivity index (χ2n) is 6.90. The van der Waals surface area contributed by atoms with Crippen LogP contribution in [0.3, 0.4) is 0 Å². The van der Waals surface area contributed by atoms with E-state index in [0.29, 0.717) is 18.8 Å². The highest BCUT2D eigenvalue weighted by Gasteiger charge is 2.24. The minimum Gasteiger partial charge on any atom is -0.493 e. The van der Waals surface area contributed by atoms with Crippen LogP contribution in [0.2, 0.25) is 0 Å². The summed E-state index contributed by atoms with van der Waals surface area (Å²) in [4.78, 5) is 18.1. The summed E-state index contributed by atoms with van der Waals surface area (Å²) in [7, 11) is 3.28. The number of amides is 1. The number of thiophene rings is 1. The maximum absolute atomic E-state index is 12.8. The van der Waals surface area contributed by atoms with Crippen molar-refractivity contribution in [1.82, 2.24) is 20.0 Å². The van der Waals surface area contributed by atoms with Gasteiger partial charge in [0.05, 0.1) is 24.8 Å². The van der Waals surface area contributed by atoms with E-state index < -0.39 is 0 Å². The van der Waals surface area contributed by atoms with E-state index in [4.69, 9.17) is 9.47 Å². The van der Waals surface area contributed by atoms with Crippen molar-refractivity contribution in [2.45, 2.75) is 6.54 Å². The predicted octanol–water partition coefficient (Wildman–Crippen LogP) is 3.11. The van der Waals surface area contributed by atoms with Crippen LogP contribution in [0, 0.1) is 0 Å². The molecule has 0 atom stereocenters. The van der Waals surface area contributed by atoms with Gasteiger partial charge >= 0.3 is 0 Å². The number of H-pyrrole nitrogens is 1. The Hall–Kier alpha value is -2.84. The van der Waals surface area contributed by atoms with E-state index >= 15 is 0 Å². The van der Waals surface area contributed by atoms with Gasteiger partial charge in [-0.3, -0.25) is 14.8 Å². The van der Waals surface area contributed by atoms with Gasteiger partial charge in [0.1, 0.15) is 0 Å². The van der Waals surface area contributed by atoms with Crippen molar-refractivity contribution in [2.24, 2.45) is 0 Å². The number of carbonyl (C=O) groups is 1. The smallest absolute Gasteiger partial charge is 0.274 e. The number of piperazine rings is 1. The van der Waals surface area contributed by atoms with Crippen LogP contribution >= 0.6 is 11.3 Å². The molecule has 1 aromatic carbocycles. The lowest BCUT2D eigenvalue weighted by Gasteiger charge is -2.34. The van der Waals surface area contributed by atoms with Gasteiger partial charge in [-0.2, -0.15) is 5.10 Å². The maximum Gasteiger partial charge on any atom is 0.274 e. The lowest BCUT2D eigenvalue weighted by Crippen LogP contribution is -2.48. The van der Waals surface area contributed by atoms with Crippen LogP contribution < -0.4 is 9.47 Å². The second kappa shape index (κ2) is 8.67. The lowest BCUT2D eigenvalue weighted by atomic mass is 10.1. The first-order valence-electron chi connectivity index (χ1n) is 9.49. The number of aromatic nitrogens is 2. The van der Waals surface area contributed by atoms with Crippen molar-refractivity contribution in [3.8, 4) is 22.1 Å². The number of nitrogens with one attached hydrogen (secondary N) is 1. The van der Waals surface area contributed by atoms with Gasteiger partial charge in [-0.1, -0.05) is 12.1 Å². The molecule has 1 saturated heterocycles. The van der Waals surface area contributed by atoms with Crippen molar-refractivity contribution < 1.29 is 14.3 Å². The normalized spacial score (nSPS) is 14.8. The Balaban J connectivity index is 1.34. The molecule has 152 valence electrons. The van der Waals surface area contributed by atoms with Crippen LogP contribution in [-0.4, -0.2) is 66.3 Å². The summed E-state index contributed by atoms with van der Waals surface area (Å²) < 4.78 is 10.7. The first-order valence-corrected chi connectivity index (χ1v) is 10.4. The average molecular weight is 413 g/mol. The molecule has 1 fully saturated rings. The zero-order chi connectivity index (χ0) is 20.2. The number of aromatic amines is 1. The quantitative estimate of drug-likeness (QED) is 0.674. The van der Waals surface area contributed by atoms with Gasteiger partial charge in [-0.05, 0) is 35.2 Å². The molecular weight excluding hydrogens is 388 g/mol. The number of benzene rings is 1. The molecule has 0 spiro atoms. The SMILES string of the molecule is COc1ccc(CN2CCN(C(=O)c3cc(-c4cccs4)[nH]n3)CC2)cc1OC. The molecular formula is C21H24N4O3S. The third-order valence-electron chi connectivity index (χ3n) is 5.10. The second-order valence-corrected chi connectivity index (χ2v) is 7.85. The molecule has 3 aromatic rings. The Morgan fingerprint density at radius 1 is 1.10 bits per heavy atom. The Morgan fingerprint density at radius 2 is 1.90 bits per heavy atom. The molecule has 0 saturated carbocycles. The molecule has 2 aromatic heterocycles. The Bertz CT molecular complexity index is 962. The van der Waals surface area contributed by atoms with E-state index in [1.165, 1.54) is 0 Å². The molecule has 1 aliphatic heterocycles. The number of methoxy groups -OCH3 is 2. The van der Waals surface area contributed by atoms with Crippen LogP contribution in [0.15, 0.2) is 41.8 Å². The van der Waals surface area contributed by atoms with Gasteiger partial charge in [0.15, 0.2) is 17.2 Å². The van der Waals surface area contributed by atoms with Crippen LogP contribution in [0.4, 0.5) is 0 Å². The van der Waals surface area contributed by atoms with Crippen LogP contribution in [-0.2, 0) is 6.54 Å². The van der Waals surface area contributed by atoms with Gasteiger partial charge in [0, 0.05) is 32.7 Å². The fourth-order valence-corrected chi connectivity index (χ4v) is 4.19. The summed E-state index contributed by atoms with van der Waals surface area (Å²) in [5, 5.41) is 9.20. The summed E-state index contributed by atoms with van der Waals surface area (Å²) in [6.45, 7) is 3.83. The van der Waals surface area contributed by atoms with Crippen LogP contribution in [0.5, 0.6) is 11.5 Å². The first kappa shape index (κ1) is 19.5. The van der Waals surface area contributed by atoms with Gasteiger partial charge < -0.3 is 14.4 Å². The van der Waals surface area contributed by atoms with E-state index in [-0.39, 0.29) is 5.91 Å². The Morgan fingerprint density at radius 3 is 2.59 bits per heavy atom. The molecule has 4 rings (SSSR count). The first-order chi connectivity index (χ1) is 14.2. The number of nitrogens with zero attached hydrogens (tertiary/aromatic N) is 3. The van der Waals surface area contributed by atoms with E-state index in [0.717, 1.165) is 47.3 Å². The molecule has 8 heteroatoms. The fraction of sp³-hybridized carbons (Fsp3) is 0.333. The molecule has 29 heavy (non-hydrogen) atoms. The highest BCUT2D eigenvalue weighted by Crippen LogP contribution is 2.28. The zero-order valence-electron chi connectivity index (χ0n) is 16.6. The minimum atomic E-state index is -0.0187. The van der Waals surface area contributed by atoms with Gasteiger partial charge in [-0.15, -0.1) is 11.3 Å². The lowest BCUT2D eigenvalue weighted by molar-refractivity contribution is 0.0622. The number of rotatable bonds is 6. The molecule has 1 amide bonds. The molecule has 1 aliphatic rings. The van der Waals surface area contributed by atoms with Crippen molar-refractivity contribution in [3.05, 3.63) is 53.0 Å². The summed E-state index contributed by atoms with van der Waals surface area (Å²) in [5.74, 6) is 1.45. The summed E-state index contributed by atoms with van der Waals surface area (Å²) in [6, 6.07) is 11.8. The number of carbonyl (C=O) groups excluding carboxylic acids is 1. The van der Waals surface area contributed by atoms with E-state index in [1.807, 2.05) is 40.6 Å². The van der Waals surface area contributed by atoms with Gasteiger partial charge in [-0.25, -0.2) is 0 Å². The monoisotopic (exact) mass is 412 g/mol. The molecule has 3 heterocycles. The number of hydrogen-bond donors (Lipinski definition) is 1. The topological polar surface area (TPSA) is 70.7 Å². The standard InChI is InChI=1S/C21H24N4O3S/c1-27-18-6-5-15(12-19(18)28-2)14-24-7-9-25(10-8-24)21(26)17-13-16(22-23-17)20-4-3-11-29-20/h3-6,11-13H,7-10,14H2,1-2H3,(H,22,23). The molecule has 0 aliphatic carbocycles. The molecule has 0 unspecified atom stereocenters. The van der Waals surface area contributed by atoms with Crippen LogP contribution in [0.1, 0.15) is 16.1 Å². The van der Waals surface area contributed by atoms with E-state index in [2.05, 4.69) is 21.2 Å². The summed E-state index contributed by atoms with van der Waals surface area (Å²) >= 11 is 1.62. The fourth-order valence-electron chi connectivity index (χ4n) is 3.50. The van der Waals surface area contributed by atoms with Crippen molar-refractivity contribution in [2.75, 3.05) is 40.4 Å². The predicted molar refractivity (Wildman–Crippen MR) is 113 cm³/mol. The third kappa shape index (κ3) is 4.28. The van der Waals surface area contributed by atoms with Gasteiger partial charge in [0.25, 0.3) is 5.91 Å². The van der Waals surface area contributed by atoms with Crippen molar-refractivity contribution in [3.63, 3.8) is 0 Å². The average Bonchev–Trinajstić information content (AvgIpc) is 3.45. The van der Waals surface area contributed by atoms with E-state index in [9.17, 15) is 4.79 Å². The minimum absolute atomic E-state index is 0.0187.